The van der Waals surface area contributed by atoms with Crippen LogP contribution in [0, 0.1) is 6.92 Å². The lowest BCUT2D eigenvalue weighted by Gasteiger charge is -2.20. The first-order chi connectivity index (χ1) is 13.5. The van der Waals surface area contributed by atoms with Crippen molar-refractivity contribution in [2.75, 3.05) is 14.2 Å². The number of hydroxylamine groups is 1. The predicted molar refractivity (Wildman–Crippen MR) is 112 cm³/mol. The number of aryl methyl sites for hydroxylation is 1. The molecule has 0 aliphatic rings. The van der Waals surface area contributed by atoms with Gasteiger partial charge in [-0.2, -0.15) is 5.48 Å². The van der Waals surface area contributed by atoms with E-state index in [0.717, 1.165) is 33.5 Å². The first kappa shape index (κ1) is 21.3. The van der Waals surface area contributed by atoms with Gasteiger partial charge in [-0.05, 0) is 30.5 Å². The minimum absolute atomic E-state index is 0.201. The molecule has 6 heteroatoms. The van der Waals surface area contributed by atoms with Crippen LogP contribution in [0.2, 0.25) is 0 Å². The first-order valence-electron chi connectivity index (χ1n) is 9.00. The number of benzene rings is 2. The number of oxime groups is 1. The van der Waals surface area contributed by atoms with Crippen molar-refractivity contribution in [1.29, 1.82) is 0 Å². The molecule has 0 spiro atoms. The monoisotopic (exact) mass is 381 g/mol. The second-order valence-electron chi connectivity index (χ2n) is 6.25. The van der Waals surface area contributed by atoms with E-state index in [2.05, 4.69) is 22.5 Å². The lowest BCUT2D eigenvalue weighted by Crippen LogP contribution is -2.36. The summed E-state index contributed by atoms with van der Waals surface area (Å²) < 4.78 is 0. The quantitative estimate of drug-likeness (QED) is 0.515. The molecule has 2 N–H and O–H groups in total. The van der Waals surface area contributed by atoms with Crippen LogP contribution in [-0.4, -0.2) is 25.8 Å². The highest BCUT2D eigenvalue weighted by Crippen LogP contribution is 2.23. The molecule has 148 valence electrons. The third kappa shape index (κ3) is 5.06. The molecular formula is C22H27N3O3. The fraction of sp³-hybridized carbons (Fsp3) is 0.273. The van der Waals surface area contributed by atoms with Crippen LogP contribution in [0.25, 0.3) is 6.08 Å². The van der Waals surface area contributed by atoms with Crippen LogP contribution in [-0.2, 0) is 21.1 Å². The predicted octanol–water partition coefficient (Wildman–Crippen LogP) is 3.52. The van der Waals surface area contributed by atoms with E-state index in [9.17, 15) is 4.79 Å². The van der Waals surface area contributed by atoms with Crippen molar-refractivity contribution in [3.8, 4) is 0 Å². The van der Waals surface area contributed by atoms with Gasteiger partial charge in [0, 0.05) is 18.2 Å². The fourth-order valence-corrected chi connectivity index (χ4v) is 2.96. The van der Waals surface area contributed by atoms with E-state index in [1.54, 1.807) is 13.1 Å². The van der Waals surface area contributed by atoms with Gasteiger partial charge in [-0.25, -0.2) is 0 Å². The number of amides is 1. The van der Waals surface area contributed by atoms with Gasteiger partial charge in [0.05, 0.1) is 12.8 Å². The molecule has 0 radical (unpaired) electrons. The van der Waals surface area contributed by atoms with Crippen molar-refractivity contribution >= 4 is 17.7 Å². The van der Waals surface area contributed by atoms with Crippen LogP contribution in [0.1, 0.15) is 40.8 Å². The molecule has 0 aliphatic heterocycles. The maximum Gasteiger partial charge on any atom is 0.243 e. The zero-order valence-corrected chi connectivity index (χ0v) is 16.8. The summed E-state index contributed by atoms with van der Waals surface area (Å²) in [5.74, 6) is -0.201. The standard InChI is InChI=1S/C22H27N3O3/c1-6-17-11-7-8-12-18(17)16(3)24-28-14-20-15(2)10-9-13-19(20)21(25-27-5)22(26)23-4/h6-13,21,25H,1,14H2,2-5H3,(H,23,26)/b24-16+. The fourth-order valence-electron chi connectivity index (χ4n) is 2.96. The zero-order valence-electron chi connectivity index (χ0n) is 16.8. The molecule has 1 atom stereocenters. The second-order valence-corrected chi connectivity index (χ2v) is 6.25. The summed E-state index contributed by atoms with van der Waals surface area (Å²) in [6.45, 7) is 7.93. The van der Waals surface area contributed by atoms with Gasteiger partial charge in [0.1, 0.15) is 12.6 Å². The van der Waals surface area contributed by atoms with Crippen LogP contribution in [0.15, 0.2) is 54.2 Å². The summed E-state index contributed by atoms with van der Waals surface area (Å²) in [5, 5.41) is 6.91. The van der Waals surface area contributed by atoms with Gasteiger partial charge in [0.2, 0.25) is 5.91 Å². The Kier molecular flexibility index (Phi) is 7.92. The molecule has 0 saturated heterocycles. The molecule has 0 aliphatic carbocycles. The summed E-state index contributed by atoms with van der Waals surface area (Å²) in [5.41, 5.74) is 8.12. The molecular weight excluding hydrogens is 354 g/mol. The Morgan fingerprint density at radius 1 is 1.25 bits per heavy atom. The Morgan fingerprint density at radius 3 is 2.68 bits per heavy atom. The second kappa shape index (κ2) is 10.4. The number of rotatable bonds is 9. The maximum atomic E-state index is 12.3. The minimum atomic E-state index is -0.653. The van der Waals surface area contributed by atoms with E-state index in [1.807, 2.05) is 56.3 Å². The summed E-state index contributed by atoms with van der Waals surface area (Å²) in [7, 11) is 3.07. The Morgan fingerprint density at radius 2 is 2.00 bits per heavy atom. The summed E-state index contributed by atoms with van der Waals surface area (Å²) >= 11 is 0. The number of likely N-dealkylation sites (N-methyl/N-ethyl adjacent to an activating group) is 1. The lowest BCUT2D eigenvalue weighted by atomic mass is 9.96. The number of nitrogens with zero attached hydrogens (tertiary/aromatic N) is 1. The highest BCUT2D eigenvalue weighted by atomic mass is 16.6. The molecule has 0 heterocycles. The average molecular weight is 381 g/mol. The van der Waals surface area contributed by atoms with Gasteiger partial charge in [0.25, 0.3) is 0 Å². The van der Waals surface area contributed by atoms with Gasteiger partial charge < -0.3 is 15.0 Å². The van der Waals surface area contributed by atoms with Crippen molar-refractivity contribution in [1.82, 2.24) is 10.8 Å². The number of carbonyl (C=O) groups is 1. The Labute approximate surface area is 166 Å². The molecule has 0 fully saturated rings. The van der Waals surface area contributed by atoms with Crippen molar-refractivity contribution in [3.63, 3.8) is 0 Å². The van der Waals surface area contributed by atoms with E-state index in [-0.39, 0.29) is 12.5 Å². The Hall–Kier alpha value is -2.96. The first-order valence-corrected chi connectivity index (χ1v) is 9.00. The molecule has 0 bridgehead atoms. The van der Waals surface area contributed by atoms with E-state index < -0.39 is 6.04 Å². The summed E-state index contributed by atoms with van der Waals surface area (Å²) in [4.78, 5) is 22.9. The van der Waals surface area contributed by atoms with E-state index in [0.29, 0.717) is 0 Å². The number of hydrogen-bond acceptors (Lipinski definition) is 5. The van der Waals surface area contributed by atoms with Gasteiger partial charge in [0.15, 0.2) is 0 Å². The van der Waals surface area contributed by atoms with E-state index in [4.69, 9.17) is 9.68 Å². The van der Waals surface area contributed by atoms with Crippen molar-refractivity contribution in [2.45, 2.75) is 26.5 Å². The highest BCUT2D eigenvalue weighted by molar-refractivity contribution is 6.01. The van der Waals surface area contributed by atoms with Gasteiger partial charge in [-0.15, -0.1) is 0 Å². The smallest absolute Gasteiger partial charge is 0.243 e. The maximum absolute atomic E-state index is 12.3. The molecule has 0 saturated carbocycles. The van der Waals surface area contributed by atoms with Crippen LogP contribution < -0.4 is 10.8 Å². The normalized spacial score (nSPS) is 12.4. The summed E-state index contributed by atoms with van der Waals surface area (Å²) in [6.07, 6.45) is 1.79. The minimum Gasteiger partial charge on any atom is -0.391 e. The lowest BCUT2D eigenvalue weighted by molar-refractivity contribution is -0.126. The van der Waals surface area contributed by atoms with Crippen molar-refractivity contribution < 1.29 is 14.5 Å². The Balaban J connectivity index is 2.26. The van der Waals surface area contributed by atoms with Crippen LogP contribution in [0.5, 0.6) is 0 Å². The SMILES string of the molecule is C=Cc1ccccc1/C(C)=N/OCc1c(C)cccc1C(NOC)C(=O)NC. The molecule has 28 heavy (non-hydrogen) atoms. The third-order valence-electron chi connectivity index (χ3n) is 4.48. The van der Waals surface area contributed by atoms with Gasteiger partial charge in [-0.1, -0.05) is 60.3 Å². The number of carbonyl (C=O) groups excluding carboxylic acids is 1. The highest BCUT2D eigenvalue weighted by Gasteiger charge is 2.23. The molecule has 2 aromatic rings. The molecule has 1 amide bonds. The van der Waals surface area contributed by atoms with E-state index in [1.165, 1.54) is 7.11 Å². The average Bonchev–Trinajstić information content (AvgIpc) is 2.72. The molecule has 2 aromatic carbocycles. The van der Waals surface area contributed by atoms with Crippen LogP contribution in [0.3, 0.4) is 0 Å². The molecule has 1 unspecified atom stereocenters. The van der Waals surface area contributed by atoms with Gasteiger partial charge in [-0.3, -0.25) is 4.79 Å². The Bertz CT molecular complexity index is 862. The van der Waals surface area contributed by atoms with Crippen molar-refractivity contribution in [2.24, 2.45) is 5.16 Å². The zero-order chi connectivity index (χ0) is 20.5. The molecule has 2 rings (SSSR count). The largest absolute Gasteiger partial charge is 0.391 e. The number of hydrogen-bond donors (Lipinski definition) is 2. The van der Waals surface area contributed by atoms with E-state index >= 15 is 0 Å². The third-order valence-corrected chi connectivity index (χ3v) is 4.48. The topological polar surface area (TPSA) is 71.9 Å². The van der Waals surface area contributed by atoms with Crippen LogP contribution in [0.4, 0.5) is 0 Å². The summed E-state index contributed by atoms with van der Waals surface area (Å²) in [6, 6.07) is 13.0. The molecule has 6 nitrogen and oxygen atoms in total. The van der Waals surface area contributed by atoms with Crippen LogP contribution >= 0.6 is 0 Å². The van der Waals surface area contributed by atoms with Gasteiger partial charge >= 0.3 is 0 Å². The van der Waals surface area contributed by atoms with Crippen molar-refractivity contribution in [3.05, 3.63) is 76.9 Å². The molecule has 0 aromatic heterocycles. The number of nitrogens with one attached hydrogen (secondary N) is 2.